The Bertz CT molecular complexity index is 1490. The molecule has 0 spiro atoms. The van der Waals surface area contributed by atoms with Gasteiger partial charge >= 0.3 is 0 Å². The minimum atomic E-state index is -0.251. The van der Waals surface area contributed by atoms with Crippen molar-refractivity contribution in [2.75, 3.05) is 22.9 Å². The van der Waals surface area contributed by atoms with Crippen molar-refractivity contribution in [3.63, 3.8) is 0 Å². The van der Waals surface area contributed by atoms with E-state index < -0.39 is 0 Å². The molecule has 2 aromatic heterocycles. The van der Waals surface area contributed by atoms with Crippen LogP contribution in [0.5, 0.6) is 0 Å². The van der Waals surface area contributed by atoms with Crippen LogP contribution in [0.2, 0.25) is 10.0 Å². The molecule has 2 fully saturated rings. The number of halogens is 2. The zero-order chi connectivity index (χ0) is 27.8. The molecule has 0 radical (unpaired) electrons. The fourth-order valence-corrected chi connectivity index (χ4v) is 7.40. The van der Waals surface area contributed by atoms with Gasteiger partial charge in [0.15, 0.2) is 10.2 Å². The van der Waals surface area contributed by atoms with Crippen molar-refractivity contribution >= 4 is 63.7 Å². The molecule has 4 atom stereocenters. The molecule has 0 saturated carbocycles. The molecule has 4 aromatic rings. The summed E-state index contributed by atoms with van der Waals surface area (Å²) in [6.07, 6.45) is 3.05. The second kappa shape index (κ2) is 11.6. The molecule has 0 bridgehead atoms. The standard InChI is InChI=1S/C31H30Cl2N4OS2/c1-19-15-20(2)18-36(17-19)26-11-8-22(16-24(26)33)37-30(29(35-31(37)39)25-5-3-4-14-34-25)27-12-13-28(38-27)40-23-9-6-21(32)7-10-23/h3-14,16,19-20,29-30H,15,17-18H2,1-2H3,(H,35,39)/t19-,20-,29+,30+/m1/s1. The summed E-state index contributed by atoms with van der Waals surface area (Å²) in [5.74, 6) is 2.06. The van der Waals surface area contributed by atoms with Gasteiger partial charge in [-0.05, 0) is 97.2 Å². The molecule has 2 aromatic carbocycles. The normalized spacial score (nSPS) is 22.9. The lowest BCUT2D eigenvalue weighted by Gasteiger charge is -2.37. The summed E-state index contributed by atoms with van der Waals surface area (Å²) in [7, 11) is 0. The van der Waals surface area contributed by atoms with Crippen LogP contribution in [-0.2, 0) is 0 Å². The first-order valence-electron chi connectivity index (χ1n) is 13.4. The molecule has 2 aliphatic rings. The summed E-state index contributed by atoms with van der Waals surface area (Å²) in [4.78, 5) is 10.2. The summed E-state index contributed by atoms with van der Waals surface area (Å²) in [5.41, 5.74) is 2.87. The van der Waals surface area contributed by atoms with Crippen LogP contribution in [0.3, 0.4) is 0 Å². The van der Waals surface area contributed by atoms with Crippen LogP contribution in [0, 0.1) is 11.8 Å². The third-order valence-electron chi connectivity index (χ3n) is 7.44. The van der Waals surface area contributed by atoms with E-state index in [1.165, 1.54) is 6.42 Å². The Balaban J connectivity index is 1.34. The van der Waals surface area contributed by atoms with E-state index in [0.717, 1.165) is 50.9 Å². The number of hydrogen-bond acceptors (Lipinski definition) is 5. The monoisotopic (exact) mass is 608 g/mol. The summed E-state index contributed by atoms with van der Waals surface area (Å²) >= 11 is 20.5. The Labute approximate surface area is 254 Å². The van der Waals surface area contributed by atoms with Crippen LogP contribution in [-0.4, -0.2) is 23.2 Å². The van der Waals surface area contributed by atoms with Crippen LogP contribution in [0.4, 0.5) is 11.4 Å². The molecule has 0 amide bonds. The zero-order valence-corrected chi connectivity index (χ0v) is 25.4. The summed E-state index contributed by atoms with van der Waals surface area (Å²) < 4.78 is 6.45. The SMILES string of the molecule is C[C@@H]1C[C@@H](C)CN(c2ccc(N3C(=S)N[C@@H](c4ccccn4)[C@@H]3c3ccc(Sc4ccc(Cl)cc4)o3)cc2Cl)C1. The molecule has 9 heteroatoms. The van der Waals surface area contributed by atoms with E-state index in [0.29, 0.717) is 22.0 Å². The van der Waals surface area contributed by atoms with Crippen LogP contribution in [0.15, 0.2) is 93.4 Å². The van der Waals surface area contributed by atoms with Crippen molar-refractivity contribution in [1.82, 2.24) is 10.3 Å². The van der Waals surface area contributed by atoms with Gasteiger partial charge in [0.1, 0.15) is 11.8 Å². The Morgan fingerprint density at radius 3 is 2.45 bits per heavy atom. The van der Waals surface area contributed by atoms with Gasteiger partial charge in [0, 0.05) is 34.9 Å². The number of piperidine rings is 1. The maximum atomic E-state index is 6.96. The lowest BCUT2D eigenvalue weighted by Crippen LogP contribution is -2.38. The van der Waals surface area contributed by atoms with Crippen LogP contribution < -0.4 is 15.1 Å². The number of thiocarbonyl (C=S) groups is 1. The first-order chi connectivity index (χ1) is 19.4. The molecule has 40 heavy (non-hydrogen) atoms. The van der Waals surface area contributed by atoms with E-state index in [4.69, 9.17) is 39.8 Å². The molecule has 2 aliphatic heterocycles. The van der Waals surface area contributed by atoms with E-state index in [-0.39, 0.29) is 12.1 Å². The van der Waals surface area contributed by atoms with Crippen molar-refractivity contribution in [3.05, 3.63) is 100 Å². The second-order valence-corrected chi connectivity index (χ2v) is 13.0. The Morgan fingerprint density at radius 2 is 1.75 bits per heavy atom. The van der Waals surface area contributed by atoms with Crippen molar-refractivity contribution in [3.8, 4) is 0 Å². The molecule has 0 aliphatic carbocycles. The fraction of sp³-hybridized carbons (Fsp3) is 0.290. The van der Waals surface area contributed by atoms with Gasteiger partial charge in [0.05, 0.1) is 22.4 Å². The zero-order valence-electron chi connectivity index (χ0n) is 22.3. The van der Waals surface area contributed by atoms with Gasteiger partial charge < -0.3 is 19.5 Å². The number of pyridine rings is 1. The molecule has 1 N–H and O–H groups in total. The van der Waals surface area contributed by atoms with Gasteiger partial charge in [-0.1, -0.05) is 54.9 Å². The predicted octanol–water partition coefficient (Wildman–Crippen LogP) is 8.79. The van der Waals surface area contributed by atoms with E-state index in [9.17, 15) is 0 Å². The number of benzene rings is 2. The predicted molar refractivity (Wildman–Crippen MR) is 169 cm³/mol. The minimum Gasteiger partial charge on any atom is -0.452 e. The third-order valence-corrected chi connectivity index (χ3v) is 9.24. The summed E-state index contributed by atoms with van der Waals surface area (Å²) in [6.45, 7) is 6.64. The van der Waals surface area contributed by atoms with Crippen molar-refractivity contribution in [2.24, 2.45) is 11.8 Å². The average Bonchev–Trinajstić information content (AvgIpc) is 3.53. The number of nitrogens with zero attached hydrogens (tertiary/aromatic N) is 3. The number of hydrogen-bond donors (Lipinski definition) is 1. The average molecular weight is 610 g/mol. The van der Waals surface area contributed by atoms with Gasteiger partial charge in [-0.15, -0.1) is 0 Å². The molecular weight excluding hydrogens is 579 g/mol. The molecular formula is C31H30Cl2N4OS2. The number of anilines is 2. The maximum absolute atomic E-state index is 6.96. The van der Waals surface area contributed by atoms with E-state index in [1.54, 1.807) is 18.0 Å². The van der Waals surface area contributed by atoms with E-state index in [2.05, 4.69) is 46.1 Å². The van der Waals surface area contributed by atoms with E-state index >= 15 is 0 Å². The van der Waals surface area contributed by atoms with Crippen LogP contribution >= 0.6 is 47.2 Å². The first kappa shape index (κ1) is 27.5. The Morgan fingerprint density at radius 1 is 0.975 bits per heavy atom. The van der Waals surface area contributed by atoms with Gasteiger partial charge in [-0.25, -0.2) is 0 Å². The number of rotatable bonds is 6. The largest absolute Gasteiger partial charge is 0.452 e. The van der Waals surface area contributed by atoms with Gasteiger partial charge in [-0.2, -0.15) is 0 Å². The molecule has 4 heterocycles. The van der Waals surface area contributed by atoms with Crippen molar-refractivity contribution in [1.29, 1.82) is 0 Å². The smallest absolute Gasteiger partial charge is 0.174 e. The number of furan rings is 1. The molecule has 206 valence electrons. The molecule has 5 nitrogen and oxygen atoms in total. The Kier molecular flexibility index (Phi) is 8.00. The Hall–Kier alpha value is -2.71. The van der Waals surface area contributed by atoms with Crippen LogP contribution in [0.1, 0.15) is 43.8 Å². The number of nitrogens with one attached hydrogen (secondary N) is 1. The topological polar surface area (TPSA) is 44.5 Å². The highest BCUT2D eigenvalue weighted by Crippen LogP contribution is 2.45. The highest BCUT2D eigenvalue weighted by molar-refractivity contribution is 7.99. The first-order valence-corrected chi connectivity index (χ1v) is 15.4. The van der Waals surface area contributed by atoms with Crippen molar-refractivity contribution < 1.29 is 4.42 Å². The summed E-state index contributed by atoms with van der Waals surface area (Å²) in [5, 5.41) is 6.32. The lowest BCUT2D eigenvalue weighted by atomic mass is 9.91. The minimum absolute atomic E-state index is 0.199. The van der Waals surface area contributed by atoms with Gasteiger partial charge in [0.25, 0.3) is 0 Å². The van der Waals surface area contributed by atoms with Gasteiger partial charge in [-0.3, -0.25) is 4.98 Å². The molecule has 0 unspecified atom stereocenters. The molecule has 6 rings (SSSR count). The van der Waals surface area contributed by atoms with E-state index in [1.807, 2.05) is 60.7 Å². The fourth-order valence-electron chi connectivity index (χ4n) is 5.85. The molecule has 2 saturated heterocycles. The maximum Gasteiger partial charge on any atom is 0.174 e. The second-order valence-electron chi connectivity index (χ2n) is 10.7. The van der Waals surface area contributed by atoms with Crippen LogP contribution in [0.25, 0.3) is 0 Å². The number of aromatic nitrogens is 1. The van der Waals surface area contributed by atoms with Gasteiger partial charge in [0.2, 0.25) is 0 Å². The summed E-state index contributed by atoms with van der Waals surface area (Å²) in [6, 6.07) is 23.5. The highest BCUT2D eigenvalue weighted by atomic mass is 35.5. The third kappa shape index (κ3) is 5.70. The van der Waals surface area contributed by atoms with Crippen molar-refractivity contribution in [2.45, 2.75) is 42.3 Å². The highest BCUT2D eigenvalue weighted by Gasteiger charge is 2.43. The quantitative estimate of drug-likeness (QED) is 0.219. The lowest BCUT2D eigenvalue weighted by molar-refractivity contribution is 0.357.